The van der Waals surface area contributed by atoms with Crippen LogP contribution in [0.15, 0.2) is 35.3 Å². The summed E-state index contributed by atoms with van der Waals surface area (Å²) < 4.78 is 6.00. The first-order valence-corrected chi connectivity index (χ1v) is 11.6. The number of piperidine rings is 1. The third-order valence-electron chi connectivity index (χ3n) is 7.67. The van der Waals surface area contributed by atoms with Gasteiger partial charge < -0.3 is 15.4 Å². The van der Waals surface area contributed by atoms with Gasteiger partial charge in [-0.2, -0.15) is 0 Å². The number of nitrogens with zero attached hydrogens (tertiary/aromatic N) is 2. The maximum Gasteiger partial charge on any atom is 0.191 e. The molecule has 3 atom stereocenters. The molecule has 3 unspecified atom stereocenters. The molecule has 2 saturated carbocycles. The summed E-state index contributed by atoms with van der Waals surface area (Å²) in [5.41, 5.74) is 1.78. The Morgan fingerprint density at radius 1 is 1.21 bits per heavy atom. The van der Waals surface area contributed by atoms with E-state index < -0.39 is 0 Å². The van der Waals surface area contributed by atoms with Crippen LogP contribution in [0.25, 0.3) is 0 Å². The number of hydrogen-bond donors (Lipinski definition) is 2. The van der Waals surface area contributed by atoms with Gasteiger partial charge >= 0.3 is 0 Å². The van der Waals surface area contributed by atoms with Crippen LogP contribution in [-0.4, -0.2) is 55.8 Å². The fourth-order valence-corrected chi connectivity index (χ4v) is 5.54. The Bertz CT molecular complexity index is 679. The lowest BCUT2D eigenvalue weighted by molar-refractivity contribution is -0.168. The summed E-state index contributed by atoms with van der Waals surface area (Å²) in [5.74, 6) is 0.978. The van der Waals surface area contributed by atoms with Gasteiger partial charge in [-0.15, -0.1) is 0 Å². The highest BCUT2D eigenvalue weighted by Crippen LogP contribution is 2.57. The molecule has 0 aromatic heterocycles. The van der Waals surface area contributed by atoms with Crippen LogP contribution in [0.3, 0.4) is 0 Å². The van der Waals surface area contributed by atoms with E-state index in [9.17, 15) is 0 Å². The number of likely N-dealkylation sites (tertiary alicyclic amines) is 1. The predicted molar refractivity (Wildman–Crippen MR) is 119 cm³/mol. The Morgan fingerprint density at radius 2 is 1.93 bits per heavy atom. The van der Waals surface area contributed by atoms with Crippen molar-refractivity contribution in [2.24, 2.45) is 10.4 Å². The first kappa shape index (κ1) is 20.7. The zero-order valence-corrected chi connectivity index (χ0v) is 18.4. The Kier molecular flexibility index (Phi) is 6.45. The minimum Gasteiger partial charge on any atom is -0.378 e. The third-order valence-corrected chi connectivity index (χ3v) is 7.67. The molecule has 0 amide bonds. The molecule has 5 nitrogen and oxygen atoms in total. The van der Waals surface area contributed by atoms with Crippen molar-refractivity contribution in [3.63, 3.8) is 0 Å². The van der Waals surface area contributed by atoms with E-state index in [-0.39, 0.29) is 0 Å². The van der Waals surface area contributed by atoms with Gasteiger partial charge in [-0.3, -0.25) is 9.89 Å². The van der Waals surface area contributed by atoms with Gasteiger partial charge in [0.25, 0.3) is 0 Å². The van der Waals surface area contributed by atoms with Gasteiger partial charge in [-0.05, 0) is 51.5 Å². The molecule has 5 heteroatoms. The van der Waals surface area contributed by atoms with Crippen LogP contribution in [0.5, 0.6) is 0 Å². The van der Waals surface area contributed by atoms with E-state index in [0.29, 0.717) is 29.6 Å². The highest BCUT2D eigenvalue weighted by atomic mass is 16.5. The second-order valence-electron chi connectivity index (χ2n) is 9.08. The normalized spacial score (nSPS) is 28.4. The van der Waals surface area contributed by atoms with E-state index in [2.05, 4.69) is 64.7 Å². The van der Waals surface area contributed by atoms with Gasteiger partial charge in [-0.1, -0.05) is 36.8 Å². The number of ether oxygens (including phenoxy) is 1. The van der Waals surface area contributed by atoms with E-state index >= 15 is 0 Å². The highest BCUT2D eigenvalue weighted by molar-refractivity contribution is 5.80. The quantitative estimate of drug-likeness (QED) is 0.566. The van der Waals surface area contributed by atoms with Gasteiger partial charge in [0.05, 0.1) is 6.10 Å². The molecule has 3 aliphatic rings. The second kappa shape index (κ2) is 9.05. The maximum atomic E-state index is 6.00. The summed E-state index contributed by atoms with van der Waals surface area (Å²) in [5, 5.41) is 7.44. The SMILES string of the molecule is CCOC1CC(NC(=NC)NC2CCN(C(C)c3ccccc3)CC2)C12CCC2. The lowest BCUT2D eigenvalue weighted by atomic mass is 9.51. The van der Waals surface area contributed by atoms with Crippen molar-refractivity contribution in [2.45, 2.75) is 76.6 Å². The van der Waals surface area contributed by atoms with E-state index in [1.54, 1.807) is 0 Å². The molecule has 1 aromatic rings. The summed E-state index contributed by atoms with van der Waals surface area (Å²) in [4.78, 5) is 7.14. The van der Waals surface area contributed by atoms with Gasteiger partial charge in [0.15, 0.2) is 5.96 Å². The van der Waals surface area contributed by atoms with Crippen molar-refractivity contribution >= 4 is 5.96 Å². The van der Waals surface area contributed by atoms with E-state index in [1.807, 2.05) is 7.05 Å². The van der Waals surface area contributed by atoms with E-state index in [0.717, 1.165) is 44.9 Å². The molecule has 29 heavy (non-hydrogen) atoms. The standard InChI is InChI=1S/C24H38N4O/c1-4-29-22-17-21(24(22)13-8-14-24)27-23(25-3)26-20-11-15-28(16-12-20)18(2)19-9-6-5-7-10-19/h5-7,9-10,18,20-22H,4,8,11-17H2,1-3H3,(H2,25,26,27). The lowest BCUT2D eigenvalue weighted by Crippen LogP contribution is -2.69. The van der Waals surface area contributed by atoms with Crippen LogP contribution >= 0.6 is 0 Å². The number of aliphatic imine (C=N–C) groups is 1. The van der Waals surface area contributed by atoms with Crippen molar-refractivity contribution in [2.75, 3.05) is 26.7 Å². The first-order valence-electron chi connectivity index (χ1n) is 11.6. The molecule has 1 aliphatic heterocycles. The van der Waals surface area contributed by atoms with Gasteiger partial charge in [0.2, 0.25) is 0 Å². The summed E-state index contributed by atoms with van der Waals surface area (Å²) in [6.07, 6.45) is 7.81. The molecule has 1 saturated heterocycles. The van der Waals surface area contributed by atoms with Crippen LogP contribution < -0.4 is 10.6 Å². The molecule has 4 rings (SSSR count). The topological polar surface area (TPSA) is 48.9 Å². The van der Waals surface area contributed by atoms with Crippen molar-refractivity contribution < 1.29 is 4.74 Å². The second-order valence-corrected chi connectivity index (χ2v) is 9.08. The molecule has 0 radical (unpaired) electrons. The smallest absolute Gasteiger partial charge is 0.191 e. The fraction of sp³-hybridized carbons (Fsp3) is 0.708. The van der Waals surface area contributed by atoms with Crippen molar-refractivity contribution in [3.05, 3.63) is 35.9 Å². The van der Waals surface area contributed by atoms with Crippen molar-refractivity contribution in [1.82, 2.24) is 15.5 Å². The largest absolute Gasteiger partial charge is 0.378 e. The average molecular weight is 399 g/mol. The Balaban J connectivity index is 1.25. The van der Waals surface area contributed by atoms with Crippen LogP contribution in [0, 0.1) is 5.41 Å². The van der Waals surface area contributed by atoms with Gasteiger partial charge in [0.1, 0.15) is 0 Å². The molecule has 2 aliphatic carbocycles. The summed E-state index contributed by atoms with van der Waals surface area (Å²) >= 11 is 0. The molecule has 1 heterocycles. The van der Waals surface area contributed by atoms with E-state index in [1.165, 1.54) is 24.8 Å². The summed E-state index contributed by atoms with van der Waals surface area (Å²) in [6, 6.07) is 12.4. The summed E-state index contributed by atoms with van der Waals surface area (Å²) in [6.45, 7) is 7.52. The molecular formula is C24H38N4O. The molecule has 1 spiro atoms. The first-order chi connectivity index (χ1) is 14.2. The monoisotopic (exact) mass is 398 g/mol. The minimum absolute atomic E-state index is 0.363. The lowest BCUT2D eigenvalue weighted by Gasteiger charge is -2.61. The molecule has 0 bridgehead atoms. The van der Waals surface area contributed by atoms with Crippen LogP contribution in [0.1, 0.15) is 64.0 Å². The molecule has 160 valence electrons. The number of benzene rings is 1. The Labute approximate surface area is 176 Å². The predicted octanol–water partition coefficient (Wildman–Crippen LogP) is 3.72. The van der Waals surface area contributed by atoms with Crippen molar-refractivity contribution in [3.8, 4) is 0 Å². The van der Waals surface area contributed by atoms with Crippen LogP contribution in [-0.2, 0) is 4.74 Å². The molecule has 2 N–H and O–H groups in total. The number of nitrogens with one attached hydrogen (secondary N) is 2. The van der Waals surface area contributed by atoms with E-state index in [4.69, 9.17) is 4.74 Å². The fourth-order valence-electron chi connectivity index (χ4n) is 5.54. The number of hydrogen-bond acceptors (Lipinski definition) is 3. The summed E-state index contributed by atoms with van der Waals surface area (Å²) in [7, 11) is 1.90. The zero-order chi connectivity index (χ0) is 20.3. The average Bonchev–Trinajstić information content (AvgIpc) is 2.71. The number of guanidine groups is 1. The zero-order valence-electron chi connectivity index (χ0n) is 18.4. The molecule has 1 aromatic carbocycles. The minimum atomic E-state index is 0.363. The van der Waals surface area contributed by atoms with Crippen LogP contribution in [0.4, 0.5) is 0 Å². The number of rotatable bonds is 6. The highest BCUT2D eigenvalue weighted by Gasteiger charge is 2.59. The third kappa shape index (κ3) is 4.17. The van der Waals surface area contributed by atoms with Gasteiger partial charge in [-0.25, -0.2) is 0 Å². The Hall–Kier alpha value is -1.59. The van der Waals surface area contributed by atoms with Gasteiger partial charge in [0, 0.05) is 50.3 Å². The van der Waals surface area contributed by atoms with Crippen LogP contribution in [0.2, 0.25) is 0 Å². The molecule has 3 fully saturated rings. The maximum absolute atomic E-state index is 6.00. The Morgan fingerprint density at radius 3 is 2.52 bits per heavy atom. The van der Waals surface area contributed by atoms with Crippen molar-refractivity contribution in [1.29, 1.82) is 0 Å². The molecular weight excluding hydrogens is 360 g/mol.